The minimum Gasteiger partial charge on any atom is -0.484 e. The smallest absolute Gasteiger partial charge is 0.484 e. The van der Waals surface area contributed by atoms with Gasteiger partial charge in [0.25, 0.3) is 5.91 Å². The first-order chi connectivity index (χ1) is 11.4. The third kappa shape index (κ3) is 5.40. The molecular weight excluding hydrogens is 361 g/mol. The van der Waals surface area contributed by atoms with Crippen molar-refractivity contribution in [1.82, 2.24) is 10.2 Å². The zero-order chi connectivity index (χ0) is 17.2. The first-order valence-electron chi connectivity index (χ1n) is 7.88. The highest BCUT2D eigenvalue weighted by Crippen LogP contribution is 2.27. The van der Waals surface area contributed by atoms with Crippen LogP contribution in [-0.4, -0.2) is 50.0 Å². The molecule has 0 saturated carbocycles. The van der Waals surface area contributed by atoms with Crippen LogP contribution in [0.4, 0.5) is 13.2 Å². The number of halogens is 4. The van der Waals surface area contributed by atoms with Crippen LogP contribution in [0.1, 0.15) is 6.42 Å². The Morgan fingerprint density at radius 1 is 1.16 bits per heavy atom. The Morgan fingerprint density at radius 3 is 2.48 bits per heavy atom. The van der Waals surface area contributed by atoms with E-state index in [4.69, 9.17) is 4.74 Å². The molecule has 1 aromatic carbocycles. The third-order valence-electron chi connectivity index (χ3n) is 4.48. The van der Waals surface area contributed by atoms with Crippen molar-refractivity contribution in [1.29, 1.82) is 0 Å². The fourth-order valence-electron chi connectivity index (χ4n) is 3.24. The number of rotatable bonds is 4. The predicted molar refractivity (Wildman–Crippen MR) is 86.9 cm³/mol. The Bertz CT molecular complexity index is 583. The van der Waals surface area contributed by atoms with Crippen LogP contribution in [0.2, 0.25) is 0 Å². The largest absolute Gasteiger partial charge is 0.573 e. The van der Waals surface area contributed by atoms with Crippen LogP contribution in [0.15, 0.2) is 24.3 Å². The summed E-state index contributed by atoms with van der Waals surface area (Å²) in [6.45, 7) is 3.30. The second kappa shape index (κ2) is 8.14. The van der Waals surface area contributed by atoms with E-state index in [-0.39, 0.29) is 30.7 Å². The topological polar surface area (TPSA) is 50.8 Å². The van der Waals surface area contributed by atoms with Gasteiger partial charge in [0, 0.05) is 13.1 Å². The Balaban J connectivity index is 0.00000225. The lowest BCUT2D eigenvalue weighted by molar-refractivity contribution is -0.274. The van der Waals surface area contributed by atoms with Crippen LogP contribution in [0.25, 0.3) is 0 Å². The number of nitrogens with one attached hydrogen (secondary N) is 1. The summed E-state index contributed by atoms with van der Waals surface area (Å²) in [5.74, 6) is 1.06. The van der Waals surface area contributed by atoms with Gasteiger partial charge in [0.15, 0.2) is 6.61 Å². The molecule has 0 radical (unpaired) electrons. The monoisotopic (exact) mass is 380 g/mol. The normalized spacial score (nSPS) is 22.8. The second-order valence-corrected chi connectivity index (χ2v) is 6.11. The molecule has 1 amide bonds. The molecule has 2 fully saturated rings. The maximum absolute atomic E-state index is 12.2. The molecule has 0 aromatic heterocycles. The van der Waals surface area contributed by atoms with Crippen molar-refractivity contribution < 1.29 is 27.4 Å². The van der Waals surface area contributed by atoms with E-state index in [1.807, 2.05) is 0 Å². The molecule has 2 unspecified atom stereocenters. The first-order valence-corrected chi connectivity index (χ1v) is 7.88. The molecule has 2 atom stereocenters. The number of likely N-dealkylation sites (tertiary alicyclic amines) is 1. The van der Waals surface area contributed by atoms with E-state index in [1.165, 1.54) is 12.1 Å². The lowest BCUT2D eigenvalue weighted by Gasteiger charge is -2.34. The van der Waals surface area contributed by atoms with E-state index in [1.54, 1.807) is 4.90 Å². The van der Waals surface area contributed by atoms with Gasteiger partial charge in [0.1, 0.15) is 11.5 Å². The van der Waals surface area contributed by atoms with E-state index in [0.717, 1.165) is 44.7 Å². The van der Waals surface area contributed by atoms with Crippen molar-refractivity contribution in [2.24, 2.45) is 11.8 Å². The van der Waals surface area contributed by atoms with Crippen molar-refractivity contribution in [3.63, 3.8) is 0 Å². The van der Waals surface area contributed by atoms with E-state index in [9.17, 15) is 18.0 Å². The molecule has 0 aliphatic carbocycles. The Kier molecular flexibility index (Phi) is 6.40. The molecule has 2 aliphatic heterocycles. The molecule has 2 saturated heterocycles. The Morgan fingerprint density at radius 2 is 1.80 bits per heavy atom. The highest BCUT2D eigenvalue weighted by Gasteiger charge is 2.34. The molecule has 25 heavy (non-hydrogen) atoms. The summed E-state index contributed by atoms with van der Waals surface area (Å²) in [7, 11) is 0. The maximum Gasteiger partial charge on any atom is 0.573 e. The van der Waals surface area contributed by atoms with Crippen molar-refractivity contribution in [3.8, 4) is 11.5 Å². The van der Waals surface area contributed by atoms with Gasteiger partial charge in [-0.3, -0.25) is 4.79 Å². The Labute approximate surface area is 149 Å². The number of piperidine rings is 1. The number of ether oxygens (including phenoxy) is 2. The summed E-state index contributed by atoms with van der Waals surface area (Å²) >= 11 is 0. The zero-order valence-electron chi connectivity index (χ0n) is 13.4. The van der Waals surface area contributed by atoms with Gasteiger partial charge in [-0.1, -0.05) is 0 Å². The molecule has 3 rings (SSSR count). The molecule has 140 valence electrons. The molecular formula is C16H20ClF3N2O3. The van der Waals surface area contributed by atoms with Crippen LogP contribution < -0.4 is 14.8 Å². The molecule has 5 nitrogen and oxygen atoms in total. The minimum absolute atomic E-state index is 0. The van der Waals surface area contributed by atoms with Gasteiger partial charge in [-0.25, -0.2) is 0 Å². The lowest BCUT2D eigenvalue weighted by Crippen LogP contribution is -2.45. The molecule has 1 N–H and O–H groups in total. The molecule has 1 aromatic rings. The minimum atomic E-state index is -4.72. The van der Waals surface area contributed by atoms with Crippen LogP contribution in [-0.2, 0) is 4.79 Å². The summed E-state index contributed by atoms with van der Waals surface area (Å²) in [4.78, 5) is 14.0. The van der Waals surface area contributed by atoms with Gasteiger partial charge in [0.05, 0.1) is 0 Å². The maximum atomic E-state index is 12.2. The van der Waals surface area contributed by atoms with Crippen molar-refractivity contribution in [3.05, 3.63) is 24.3 Å². The number of carbonyl (C=O) groups excluding carboxylic acids is 1. The molecule has 2 aliphatic rings. The van der Waals surface area contributed by atoms with Gasteiger partial charge in [-0.2, -0.15) is 0 Å². The SMILES string of the molecule is Cl.O=C(COc1ccc(OC(F)(F)F)cc1)N1CCC2CNCC2C1. The van der Waals surface area contributed by atoms with Gasteiger partial charge in [0.2, 0.25) is 0 Å². The number of alkyl halides is 3. The van der Waals surface area contributed by atoms with Gasteiger partial charge in [-0.15, -0.1) is 25.6 Å². The van der Waals surface area contributed by atoms with Crippen molar-refractivity contribution in [2.45, 2.75) is 12.8 Å². The van der Waals surface area contributed by atoms with Crippen LogP contribution in [0.5, 0.6) is 11.5 Å². The fraction of sp³-hybridized carbons (Fsp3) is 0.562. The highest BCUT2D eigenvalue weighted by atomic mass is 35.5. The molecule has 0 bridgehead atoms. The average molecular weight is 381 g/mol. The van der Waals surface area contributed by atoms with Gasteiger partial charge in [-0.05, 0) is 55.6 Å². The number of fused-ring (bicyclic) bond motifs is 1. The predicted octanol–water partition coefficient (Wildman–Crippen LogP) is 2.45. The van der Waals surface area contributed by atoms with Gasteiger partial charge < -0.3 is 19.7 Å². The highest BCUT2D eigenvalue weighted by molar-refractivity contribution is 5.85. The van der Waals surface area contributed by atoms with Gasteiger partial charge >= 0.3 is 6.36 Å². The molecule has 9 heteroatoms. The summed E-state index contributed by atoms with van der Waals surface area (Å²) in [6.07, 6.45) is -3.73. The van der Waals surface area contributed by atoms with Crippen molar-refractivity contribution >= 4 is 18.3 Å². The summed E-state index contributed by atoms with van der Waals surface area (Å²) in [6, 6.07) is 5.01. The van der Waals surface area contributed by atoms with E-state index < -0.39 is 6.36 Å². The van der Waals surface area contributed by atoms with Crippen LogP contribution >= 0.6 is 12.4 Å². The number of hydrogen-bond donors (Lipinski definition) is 1. The third-order valence-corrected chi connectivity index (χ3v) is 4.48. The molecule has 2 heterocycles. The number of benzene rings is 1. The standard InChI is InChI=1S/C16H19F3N2O3.ClH/c17-16(18,19)24-14-3-1-13(2-4-14)23-10-15(22)21-6-5-11-7-20-8-12(11)9-21;/h1-4,11-12,20H,5-10H2;1H. The van der Waals surface area contributed by atoms with E-state index >= 15 is 0 Å². The second-order valence-electron chi connectivity index (χ2n) is 6.11. The first kappa shape index (κ1) is 19.7. The summed E-state index contributed by atoms with van der Waals surface area (Å²) < 4.78 is 45.4. The summed E-state index contributed by atoms with van der Waals surface area (Å²) in [5.41, 5.74) is 0. The fourth-order valence-corrected chi connectivity index (χ4v) is 3.24. The van der Waals surface area contributed by atoms with E-state index in [0.29, 0.717) is 17.6 Å². The number of hydrogen-bond acceptors (Lipinski definition) is 4. The quantitative estimate of drug-likeness (QED) is 0.871. The zero-order valence-corrected chi connectivity index (χ0v) is 14.2. The molecule has 0 spiro atoms. The lowest BCUT2D eigenvalue weighted by atomic mass is 9.89. The number of nitrogens with zero attached hydrogens (tertiary/aromatic N) is 1. The Hall–Kier alpha value is -1.67. The van der Waals surface area contributed by atoms with Crippen molar-refractivity contribution in [2.75, 3.05) is 32.8 Å². The number of amides is 1. The van der Waals surface area contributed by atoms with E-state index in [2.05, 4.69) is 10.1 Å². The average Bonchev–Trinajstić information content (AvgIpc) is 3.00. The summed E-state index contributed by atoms with van der Waals surface area (Å²) in [5, 5.41) is 3.34. The number of carbonyl (C=O) groups is 1. The van der Waals surface area contributed by atoms with Crippen LogP contribution in [0, 0.1) is 11.8 Å². The van der Waals surface area contributed by atoms with Crippen LogP contribution in [0.3, 0.4) is 0 Å².